The highest BCUT2D eigenvalue weighted by atomic mass is 35.5. The van der Waals surface area contributed by atoms with Crippen molar-refractivity contribution in [1.82, 2.24) is 19.2 Å². The van der Waals surface area contributed by atoms with E-state index in [4.69, 9.17) is 11.6 Å². The van der Waals surface area contributed by atoms with Gasteiger partial charge in [-0.05, 0) is 5.56 Å². The summed E-state index contributed by atoms with van der Waals surface area (Å²) in [4.78, 5) is 5.55. The maximum atomic E-state index is 6.09. The van der Waals surface area contributed by atoms with Crippen LogP contribution in [0.5, 0.6) is 0 Å². The fraction of sp³-hybridized carbons (Fsp3) is 0.0667. The second kappa shape index (κ2) is 5.02. The summed E-state index contributed by atoms with van der Waals surface area (Å²) in [5.74, 6) is 1.19. The van der Waals surface area contributed by atoms with E-state index in [9.17, 15) is 0 Å². The van der Waals surface area contributed by atoms with Crippen LogP contribution in [0, 0.1) is 0 Å². The Morgan fingerprint density at radius 2 is 2.00 bits per heavy atom. The number of fused-ring (bicyclic) bond motifs is 1. The van der Waals surface area contributed by atoms with Gasteiger partial charge in [0, 0.05) is 23.3 Å². The molecule has 3 heterocycles. The molecule has 0 radical (unpaired) electrons. The molecule has 0 N–H and O–H groups in total. The molecule has 0 aliphatic carbocycles. The molecule has 3 aromatic heterocycles. The van der Waals surface area contributed by atoms with Crippen LogP contribution in [0.3, 0.4) is 0 Å². The minimum absolute atomic E-state index is 0.397. The fourth-order valence-corrected chi connectivity index (χ4v) is 3.32. The number of aromatic nitrogens is 4. The van der Waals surface area contributed by atoms with Gasteiger partial charge in [-0.2, -0.15) is 10.1 Å². The van der Waals surface area contributed by atoms with Crippen molar-refractivity contribution in [2.45, 2.75) is 5.88 Å². The highest BCUT2D eigenvalue weighted by Gasteiger charge is 2.15. The van der Waals surface area contributed by atoms with Crippen molar-refractivity contribution in [1.29, 1.82) is 0 Å². The van der Waals surface area contributed by atoms with Gasteiger partial charge in [-0.3, -0.25) is 4.40 Å². The Hall–Kier alpha value is -2.11. The van der Waals surface area contributed by atoms with E-state index in [1.54, 1.807) is 16.0 Å². The predicted molar refractivity (Wildman–Crippen MR) is 85.2 cm³/mol. The minimum Gasteiger partial charge on any atom is -0.291 e. The number of nitrogens with zero attached hydrogens (tertiary/aromatic N) is 4. The van der Waals surface area contributed by atoms with E-state index in [1.165, 1.54) is 0 Å². The van der Waals surface area contributed by atoms with Gasteiger partial charge in [-0.25, -0.2) is 4.68 Å². The van der Waals surface area contributed by atoms with Gasteiger partial charge in [0.15, 0.2) is 10.8 Å². The zero-order valence-corrected chi connectivity index (χ0v) is 12.6. The van der Waals surface area contributed by atoms with Crippen LogP contribution in [0.4, 0.5) is 0 Å². The zero-order chi connectivity index (χ0) is 14.2. The summed E-state index contributed by atoms with van der Waals surface area (Å²) in [6, 6.07) is 10.2. The lowest BCUT2D eigenvalue weighted by Crippen LogP contribution is -1.99. The lowest BCUT2D eigenvalue weighted by Gasteiger charge is -2.00. The second-order valence-corrected chi connectivity index (χ2v) is 5.75. The van der Waals surface area contributed by atoms with Crippen molar-refractivity contribution in [3.63, 3.8) is 0 Å². The molecule has 4 rings (SSSR count). The molecule has 0 amide bonds. The number of hydrogen-bond donors (Lipinski definition) is 0. The molecule has 104 valence electrons. The van der Waals surface area contributed by atoms with Crippen LogP contribution in [0.1, 0.15) is 5.69 Å². The van der Waals surface area contributed by atoms with Gasteiger partial charge in [-0.1, -0.05) is 30.3 Å². The summed E-state index contributed by atoms with van der Waals surface area (Å²) in [5.41, 5.74) is 3.15. The quantitative estimate of drug-likeness (QED) is 0.536. The van der Waals surface area contributed by atoms with Crippen LogP contribution in [0.15, 0.2) is 54.3 Å². The van der Waals surface area contributed by atoms with E-state index < -0.39 is 0 Å². The summed E-state index contributed by atoms with van der Waals surface area (Å²) >= 11 is 7.67. The average molecular weight is 315 g/mol. The molecule has 6 heteroatoms. The first-order chi connectivity index (χ1) is 10.4. The Labute approximate surface area is 130 Å². The van der Waals surface area contributed by atoms with Gasteiger partial charge in [0.25, 0.3) is 0 Å². The van der Waals surface area contributed by atoms with E-state index in [2.05, 4.69) is 22.2 Å². The van der Waals surface area contributed by atoms with Gasteiger partial charge in [0.2, 0.25) is 0 Å². The standard InChI is InChI=1S/C15H11ClN4S/c16-8-13-14(18-15-19(13)6-7-21-15)20-10-12(9-17-20)11-4-2-1-3-5-11/h1-7,9-10H,8H2. The Kier molecular flexibility index (Phi) is 3.02. The maximum Gasteiger partial charge on any atom is 0.195 e. The molecule has 4 nitrogen and oxygen atoms in total. The lowest BCUT2D eigenvalue weighted by molar-refractivity contribution is 0.843. The topological polar surface area (TPSA) is 35.1 Å². The van der Waals surface area contributed by atoms with Gasteiger partial charge in [0.05, 0.1) is 17.8 Å². The minimum atomic E-state index is 0.397. The lowest BCUT2D eigenvalue weighted by atomic mass is 10.1. The molecule has 0 atom stereocenters. The third-order valence-electron chi connectivity index (χ3n) is 3.37. The summed E-state index contributed by atoms with van der Waals surface area (Å²) in [7, 11) is 0. The van der Waals surface area contributed by atoms with Gasteiger partial charge in [0.1, 0.15) is 0 Å². The van der Waals surface area contributed by atoms with Crippen LogP contribution >= 0.6 is 22.9 Å². The number of thiazole rings is 1. The molecule has 0 unspecified atom stereocenters. The molecule has 0 spiro atoms. The summed E-state index contributed by atoms with van der Waals surface area (Å²) < 4.78 is 3.80. The molecule has 4 aromatic rings. The number of halogens is 1. The molecule has 0 bridgehead atoms. The van der Waals surface area contributed by atoms with Crippen LogP contribution in [0.25, 0.3) is 21.9 Å². The maximum absolute atomic E-state index is 6.09. The first-order valence-electron chi connectivity index (χ1n) is 6.47. The van der Waals surface area contributed by atoms with Gasteiger partial charge < -0.3 is 0 Å². The second-order valence-electron chi connectivity index (χ2n) is 4.61. The highest BCUT2D eigenvalue weighted by Crippen LogP contribution is 2.24. The Morgan fingerprint density at radius 3 is 2.81 bits per heavy atom. The number of benzene rings is 1. The first-order valence-corrected chi connectivity index (χ1v) is 7.89. The number of hydrogen-bond acceptors (Lipinski definition) is 3. The van der Waals surface area contributed by atoms with Crippen LogP contribution in [-0.4, -0.2) is 19.2 Å². The average Bonchev–Trinajstić information content (AvgIpc) is 3.22. The summed E-state index contributed by atoms with van der Waals surface area (Å²) in [5, 5.41) is 6.43. The fourth-order valence-electron chi connectivity index (χ4n) is 2.35. The van der Waals surface area contributed by atoms with Crippen molar-refractivity contribution < 1.29 is 0 Å². The van der Waals surface area contributed by atoms with E-state index in [-0.39, 0.29) is 0 Å². The first kappa shape index (κ1) is 12.6. The molecular weight excluding hydrogens is 304 g/mol. The van der Waals surface area contributed by atoms with E-state index in [0.717, 1.165) is 27.6 Å². The van der Waals surface area contributed by atoms with Crippen molar-refractivity contribution in [2.24, 2.45) is 0 Å². The molecular formula is C15H11ClN4S. The third kappa shape index (κ3) is 2.05. The monoisotopic (exact) mass is 314 g/mol. The highest BCUT2D eigenvalue weighted by molar-refractivity contribution is 7.15. The van der Waals surface area contributed by atoms with Gasteiger partial charge >= 0.3 is 0 Å². The Bertz CT molecular complexity index is 891. The van der Waals surface area contributed by atoms with Crippen LogP contribution < -0.4 is 0 Å². The van der Waals surface area contributed by atoms with Crippen molar-refractivity contribution in [3.05, 3.63) is 60.0 Å². The largest absolute Gasteiger partial charge is 0.291 e. The van der Waals surface area contributed by atoms with E-state index in [0.29, 0.717) is 5.88 Å². The van der Waals surface area contributed by atoms with Crippen LogP contribution in [-0.2, 0) is 5.88 Å². The molecule has 1 aromatic carbocycles. The molecule has 0 aliphatic rings. The molecule has 0 aliphatic heterocycles. The molecule has 0 fully saturated rings. The summed E-state index contributed by atoms with van der Waals surface area (Å²) in [6.45, 7) is 0. The predicted octanol–water partition coefficient (Wildman–Crippen LogP) is 3.99. The van der Waals surface area contributed by atoms with E-state index >= 15 is 0 Å². The third-order valence-corrected chi connectivity index (χ3v) is 4.38. The molecule has 0 saturated heterocycles. The Morgan fingerprint density at radius 1 is 1.14 bits per heavy atom. The SMILES string of the molecule is ClCc1c(-n2cc(-c3ccccc3)cn2)nc2sccn12. The normalized spacial score (nSPS) is 11.3. The van der Waals surface area contributed by atoms with E-state index in [1.807, 2.05) is 46.6 Å². The molecule has 0 saturated carbocycles. The van der Waals surface area contributed by atoms with Crippen molar-refractivity contribution in [3.8, 4) is 16.9 Å². The Balaban J connectivity index is 1.82. The van der Waals surface area contributed by atoms with Crippen molar-refractivity contribution >= 4 is 27.9 Å². The summed E-state index contributed by atoms with van der Waals surface area (Å²) in [6.07, 6.45) is 5.81. The number of alkyl halides is 1. The number of rotatable bonds is 3. The smallest absolute Gasteiger partial charge is 0.195 e. The number of imidazole rings is 1. The van der Waals surface area contributed by atoms with Crippen LogP contribution in [0.2, 0.25) is 0 Å². The van der Waals surface area contributed by atoms with Crippen molar-refractivity contribution in [2.75, 3.05) is 0 Å². The molecule has 21 heavy (non-hydrogen) atoms. The zero-order valence-electron chi connectivity index (χ0n) is 11.0. The van der Waals surface area contributed by atoms with Gasteiger partial charge in [-0.15, -0.1) is 22.9 Å².